The van der Waals surface area contributed by atoms with Gasteiger partial charge in [-0.1, -0.05) is 30.3 Å². The van der Waals surface area contributed by atoms with Crippen molar-refractivity contribution in [3.05, 3.63) is 95.9 Å². The van der Waals surface area contributed by atoms with Crippen LogP contribution in [0.25, 0.3) is 10.9 Å². The summed E-state index contributed by atoms with van der Waals surface area (Å²) in [5.41, 5.74) is 3.50. The van der Waals surface area contributed by atoms with Crippen LogP contribution in [0.3, 0.4) is 0 Å². The van der Waals surface area contributed by atoms with Crippen LogP contribution in [0.15, 0.2) is 79.0 Å². The number of nitrogens with one attached hydrogen (secondary N) is 1. The van der Waals surface area contributed by atoms with Crippen molar-refractivity contribution in [2.24, 2.45) is 0 Å². The lowest BCUT2D eigenvalue weighted by Gasteiger charge is -2.19. The second-order valence-electron chi connectivity index (χ2n) is 8.13. The van der Waals surface area contributed by atoms with E-state index in [4.69, 9.17) is 4.74 Å². The maximum atomic E-state index is 14.1. The molecule has 0 bridgehead atoms. The first-order chi connectivity index (χ1) is 16.2. The molecule has 1 N–H and O–H groups in total. The Morgan fingerprint density at radius 3 is 2.52 bits per heavy atom. The molecule has 0 unspecified atom stereocenters. The normalized spacial score (nSPS) is 13.3. The van der Waals surface area contributed by atoms with Gasteiger partial charge >= 0.3 is 0 Å². The lowest BCUT2D eigenvalue weighted by molar-refractivity contribution is 0.0793. The number of rotatable bonds is 6. The second-order valence-corrected chi connectivity index (χ2v) is 8.13. The summed E-state index contributed by atoms with van der Waals surface area (Å²) in [6, 6.07) is 21.9. The van der Waals surface area contributed by atoms with Gasteiger partial charge in [0.05, 0.1) is 16.8 Å². The number of halogens is 1. The van der Waals surface area contributed by atoms with Gasteiger partial charge in [-0.25, -0.2) is 4.39 Å². The molecule has 33 heavy (non-hydrogen) atoms. The molecule has 0 aliphatic carbocycles. The van der Waals surface area contributed by atoms with Gasteiger partial charge in [0.25, 0.3) is 5.91 Å². The topological polar surface area (TPSA) is 54.5 Å². The second kappa shape index (κ2) is 9.28. The summed E-state index contributed by atoms with van der Waals surface area (Å²) in [7, 11) is 0. The number of carbonyl (C=O) groups is 1. The first kappa shape index (κ1) is 20.9. The van der Waals surface area contributed by atoms with E-state index >= 15 is 0 Å². The van der Waals surface area contributed by atoms with E-state index in [1.165, 1.54) is 12.1 Å². The van der Waals surface area contributed by atoms with Gasteiger partial charge in [-0.2, -0.15) is 0 Å². The Labute approximate surface area is 191 Å². The SMILES string of the molecule is O=C(c1cnc2ccc(F)cc2c1Nc1ccc(OCc2ccccc2)cc1)N1CCCC1. The van der Waals surface area contributed by atoms with Crippen molar-refractivity contribution in [2.45, 2.75) is 19.4 Å². The summed E-state index contributed by atoms with van der Waals surface area (Å²) in [6.07, 6.45) is 3.57. The highest BCUT2D eigenvalue weighted by atomic mass is 19.1. The third-order valence-corrected chi connectivity index (χ3v) is 5.83. The van der Waals surface area contributed by atoms with Crippen LogP contribution in [0.1, 0.15) is 28.8 Å². The molecule has 1 aliphatic heterocycles. The molecule has 1 aromatic heterocycles. The molecular weight excluding hydrogens is 417 g/mol. The minimum atomic E-state index is -0.372. The molecule has 2 heterocycles. The highest BCUT2D eigenvalue weighted by Crippen LogP contribution is 2.32. The lowest BCUT2D eigenvalue weighted by atomic mass is 10.1. The minimum absolute atomic E-state index is 0.0866. The van der Waals surface area contributed by atoms with Crippen molar-refractivity contribution < 1.29 is 13.9 Å². The Morgan fingerprint density at radius 2 is 1.76 bits per heavy atom. The van der Waals surface area contributed by atoms with Crippen LogP contribution in [0, 0.1) is 5.82 Å². The molecule has 5 nitrogen and oxygen atoms in total. The number of fused-ring (bicyclic) bond motifs is 1. The van der Waals surface area contributed by atoms with Crippen LogP contribution in [-0.4, -0.2) is 28.9 Å². The average Bonchev–Trinajstić information content (AvgIpc) is 3.39. The number of nitrogens with zero attached hydrogens (tertiary/aromatic N) is 2. The van der Waals surface area contributed by atoms with E-state index in [1.54, 1.807) is 12.3 Å². The number of amides is 1. The van der Waals surface area contributed by atoms with Crippen LogP contribution < -0.4 is 10.1 Å². The van der Waals surface area contributed by atoms with E-state index in [9.17, 15) is 9.18 Å². The molecule has 5 rings (SSSR count). The van der Waals surface area contributed by atoms with Gasteiger partial charge in [0, 0.05) is 30.4 Å². The Hall–Kier alpha value is -3.93. The van der Waals surface area contributed by atoms with E-state index in [-0.39, 0.29) is 11.7 Å². The number of pyridine rings is 1. The highest BCUT2D eigenvalue weighted by Gasteiger charge is 2.24. The fraction of sp³-hybridized carbons (Fsp3) is 0.185. The molecule has 4 aromatic rings. The maximum Gasteiger partial charge on any atom is 0.257 e. The van der Waals surface area contributed by atoms with Crippen LogP contribution in [0.4, 0.5) is 15.8 Å². The average molecular weight is 442 g/mol. The monoisotopic (exact) mass is 441 g/mol. The van der Waals surface area contributed by atoms with Gasteiger partial charge in [-0.15, -0.1) is 0 Å². The number of benzene rings is 3. The van der Waals surface area contributed by atoms with Crippen molar-refractivity contribution in [2.75, 3.05) is 18.4 Å². The Balaban J connectivity index is 1.42. The molecule has 166 valence electrons. The minimum Gasteiger partial charge on any atom is -0.489 e. The quantitative estimate of drug-likeness (QED) is 0.403. The van der Waals surface area contributed by atoms with Gasteiger partial charge < -0.3 is 15.0 Å². The number of likely N-dealkylation sites (tertiary alicyclic amines) is 1. The molecule has 6 heteroatoms. The van der Waals surface area contributed by atoms with Crippen molar-refractivity contribution in [3.8, 4) is 5.75 Å². The van der Waals surface area contributed by atoms with E-state index in [0.29, 0.717) is 28.8 Å². The largest absolute Gasteiger partial charge is 0.489 e. The molecule has 3 aromatic carbocycles. The van der Waals surface area contributed by atoms with Crippen molar-refractivity contribution in [3.63, 3.8) is 0 Å². The number of ether oxygens (including phenoxy) is 1. The summed E-state index contributed by atoms with van der Waals surface area (Å²) in [6.45, 7) is 1.94. The zero-order valence-electron chi connectivity index (χ0n) is 18.1. The standard InChI is InChI=1S/C27H24FN3O2/c28-20-8-13-25-23(16-20)26(24(17-29-25)27(32)31-14-4-5-15-31)30-21-9-11-22(12-10-21)33-18-19-6-2-1-3-7-19/h1-3,6-13,16-17H,4-5,14-15,18H2,(H,29,30). The summed E-state index contributed by atoms with van der Waals surface area (Å²) in [5, 5.41) is 3.91. The van der Waals surface area contributed by atoms with Crippen LogP contribution in [-0.2, 0) is 6.61 Å². The number of hydrogen-bond acceptors (Lipinski definition) is 4. The lowest BCUT2D eigenvalue weighted by Crippen LogP contribution is -2.28. The molecule has 0 radical (unpaired) electrons. The fourth-order valence-corrected chi connectivity index (χ4v) is 4.07. The van der Waals surface area contributed by atoms with Crippen molar-refractivity contribution >= 4 is 28.2 Å². The van der Waals surface area contributed by atoms with Gasteiger partial charge in [0.15, 0.2) is 0 Å². The van der Waals surface area contributed by atoms with Crippen LogP contribution in [0.2, 0.25) is 0 Å². The fourth-order valence-electron chi connectivity index (χ4n) is 4.07. The zero-order valence-corrected chi connectivity index (χ0v) is 18.1. The van der Waals surface area contributed by atoms with Crippen molar-refractivity contribution in [1.29, 1.82) is 0 Å². The molecule has 1 fully saturated rings. The molecule has 0 spiro atoms. The number of aromatic nitrogens is 1. The van der Waals surface area contributed by atoms with E-state index in [2.05, 4.69) is 10.3 Å². The molecule has 1 amide bonds. The molecule has 1 saturated heterocycles. The maximum absolute atomic E-state index is 14.1. The predicted molar refractivity (Wildman–Crippen MR) is 127 cm³/mol. The number of hydrogen-bond donors (Lipinski definition) is 1. The first-order valence-electron chi connectivity index (χ1n) is 11.1. The van der Waals surface area contributed by atoms with E-state index in [1.807, 2.05) is 59.5 Å². The van der Waals surface area contributed by atoms with E-state index < -0.39 is 0 Å². The third-order valence-electron chi connectivity index (χ3n) is 5.83. The van der Waals surface area contributed by atoms with Gasteiger partial charge in [0.1, 0.15) is 18.2 Å². The van der Waals surface area contributed by atoms with Gasteiger partial charge in [-0.3, -0.25) is 9.78 Å². The summed E-state index contributed by atoms with van der Waals surface area (Å²) < 4.78 is 20.0. The number of carbonyl (C=O) groups excluding carboxylic acids is 1. The molecule has 0 atom stereocenters. The zero-order chi connectivity index (χ0) is 22.6. The third kappa shape index (κ3) is 4.65. The Morgan fingerprint density at radius 1 is 1.00 bits per heavy atom. The van der Waals surface area contributed by atoms with Crippen LogP contribution in [0.5, 0.6) is 5.75 Å². The molecule has 1 aliphatic rings. The summed E-state index contributed by atoms with van der Waals surface area (Å²) in [5.74, 6) is 0.280. The molecular formula is C27H24FN3O2. The van der Waals surface area contributed by atoms with Gasteiger partial charge in [-0.05, 0) is 60.9 Å². The molecule has 0 saturated carbocycles. The van der Waals surface area contributed by atoms with Gasteiger partial charge in [0.2, 0.25) is 0 Å². The van der Waals surface area contributed by atoms with Crippen LogP contribution >= 0.6 is 0 Å². The summed E-state index contributed by atoms with van der Waals surface area (Å²) >= 11 is 0. The Kier molecular flexibility index (Phi) is 5.89. The summed E-state index contributed by atoms with van der Waals surface area (Å²) in [4.78, 5) is 19.4. The smallest absolute Gasteiger partial charge is 0.257 e. The first-order valence-corrected chi connectivity index (χ1v) is 11.1. The predicted octanol–water partition coefficient (Wildman–Crippen LogP) is 5.93. The van der Waals surface area contributed by atoms with E-state index in [0.717, 1.165) is 42.9 Å². The number of anilines is 2. The van der Waals surface area contributed by atoms with Crippen molar-refractivity contribution in [1.82, 2.24) is 9.88 Å². The highest BCUT2D eigenvalue weighted by molar-refractivity contribution is 6.08. The Bertz CT molecular complexity index is 1270.